The van der Waals surface area contributed by atoms with Gasteiger partial charge in [0.05, 0.1) is 13.2 Å². The molecule has 0 saturated carbocycles. The molecule has 0 bridgehead atoms. The van der Waals surface area contributed by atoms with E-state index in [0.717, 1.165) is 31.7 Å². The van der Waals surface area contributed by atoms with Gasteiger partial charge in [0.15, 0.2) is 11.5 Å². The smallest absolute Gasteiger partial charge is 0.254 e. The second kappa shape index (κ2) is 6.56. The summed E-state index contributed by atoms with van der Waals surface area (Å²) in [7, 11) is 0. The maximum atomic E-state index is 12.8. The largest absolute Gasteiger partial charge is 0.490 e. The van der Waals surface area contributed by atoms with E-state index in [1.807, 2.05) is 29.2 Å². The summed E-state index contributed by atoms with van der Waals surface area (Å²) in [5.41, 5.74) is 1.99. The minimum absolute atomic E-state index is 0.0732. The first-order valence-electron chi connectivity index (χ1n) is 8.55. The molecule has 0 aromatic heterocycles. The number of hydrogen-bond acceptors (Lipinski definition) is 3. The molecule has 24 heavy (non-hydrogen) atoms. The molecule has 1 atom stereocenters. The Morgan fingerprint density at radius 1 is 1.00 bits per heavy atom. The van der Waals surface area contributed by atoms with Crippen molar-refractivity contribution >= 4 is 5.91 Å². The molecular weight excluding hydrogens is 302 g/mol. The lowest BCUT2D eigenvalue weighted by atomic mass is 9.99. The third kappa shape index (κ3) is 2.96. The Labute approximate surface area is 142 Å². The highest BCUT2D eigenvalue weighted by atomic mass is 16.5. The van der Waals surface area contributed by atoms with E-state index in [-0.39, 0.29) is 5.91 Å². The molecule has 1 saturated heterocycles. The van der Waals surface area contributed by atoms with Crippen LogP contribution in [0.3, 0.4) is 0 Å². The molecule has 2 aromatic rings. The van der Waals surface area contributed by atoms with Crippen LogP contribution in [0.15, 0.2) is 48.5 Å². The summed E-state index contributed by atoms with van der Waals surface area (Å²) in [4.78, 5) is 14.8. The van der Waals surface area contributed by atoms with Gasteiger partial charge in [-0.3, -0.25) is 4.79 Å². The number of amides is 1. The first-order valence-corrected chi connectivity index (χ1v) is 8.55. The lowest BCUT2D eigenvalue weighted by Crippen LogP contribution is -2.28. The molecule has 1 amide bonds. The number of hydrogen-bond donors (Lipinski definition) is 0. The van der Waals surface area contributed by atoms with Crippen LogP contribution in [-0.2, 0) is 0 Å². The number of benzene rings is 2. The van der Waals surface area contributed by atoms with Crippen molar-refractivity contribution in [3.63, 3.8) is 0 Å². The summed E-state index contributed by atoms with van der Waals surface area (Å²) in [5.74, 6) is 1.91. The average molecular weight is 323 g/mol. The van der Waals surface area contributed by atoms with Gasteiger partial charge in [-0.15, -0.1) is 0 Å². The molecule has 2 aliphatic rings. The van der Waals surface area contributed by atoms with E-state index >= 15 is 0 Å². The minimum Gasteiger partial charge on any atom is -0.490 e. The van der Waals surface area contributed by atoms with Crippen LogP contribution in [0.25, 0.3) is 0 Å². The van der Waals surface area contributed by atoms with Gasteiger partial charge in [0.1, 0.15) is 0 Å². The zero-order valence-electron chi connectivity index (χ0n) is 13.6. The SMILES string of the molecule is O=C(c1ccc2c(c1)OCCCO2)N1CC[C@H](c2ccccc2)C1. The van der Waals surface area contributed by atoms with Gasteiger partial charge in [0.25, 0.3) is 5.91 Å². The van der Waals surface area contributed by atoms with Crippen molar-refractivity contribution in [3.8, 4) is 11.5 Å². The highest BCUT2D eigenvalue weighted by molar-refractivity contribution is 5.95. The van der Waals surface area contributed by atoms with E-state index in [4.69, 9.17) is 9.47 Å². The number of carbonyl (C=O) groups excluding carboxylic acids is 1. The highest BCUT2D eigenvalue weighted by Crippen LogP contribution is 2.32. The van der Waals surface area contributed by atoms with Crippen molar-refractivity contribution in [1.82, 2.24) is 4.90 Å². The van der Waals surface area contributed by atoms with E-state index in [9.17, 15) is 4.79 Å². The molecule has 0 spiro atoms. The lowest BCUT2D eigenvalue weighted by molar-refractivity contribution is 0.0790. The van der Waals surface area contributed by atoms with Gasteiger partial charge in [-0.25, -0.2) is 0 Å². The Morgan fingerprint density at radius 2 is 1.79 bits per heavy atom. The number of ether oxygens (including phenoxy) is 2. The van der Waals surface area contributed by atoms with E-state index in [0.29, 0.717) is 30.4 Å². The average Bonchev–Trinajstić information content (AvgIpc) is 3.01. The fraction of sp³-hybridized carbons (Fsp3) is 0.350. The molecule has 2 aromatic carbocycles. The standard InChI is InChI=1S/C20H21NO3/c22-20(16-7-8-18-19(13-16)24-12-4-11-23-18)21-10-9-17(14-21)15-5-2-1-3-6-15/h1-3,5-8,13,17H,4,9-12,14H2/t17-/m0/s1. The molecule has 0 N–H and O–H groups in total. The molecule has 1 fully saturated rings. The number of likely N-dealkylation sites (tertiary alicyclic amines) is 1. The van der Waals surface area contributed by atoms with Gasteiger partial charge >= 0.3 is 0 Å². The third-order valence-electron chi connectivity index (χ3n) is 4.74. The van der Waals surface area contributed by atoms with Crippen molar-refractivity contribution in [2.24, 2.45) is 0 Å². The van der Waals surface area contributed by atoms with Crippen LogP contribution in [0.4, 0.5) is 0 Å². The first-order chi connectivity index (χ1) is 11.8. The van der Waals surface area contributed by atoms with Gasteiger partial charge in [-0.2, -0.15) is 0 Å². The summed E-state index contributed by atoms with van der Waals surface area (Å²) in [5, 5.41) is 0. The summed E-state index contributed by atoms with van der Waals surface area (Å²) in [6.07, 6.45) is 1.88. The van der Waals surface area contributed by atoms with Gasteiger partial charge in [-0.05, 0) is 30.2 Å². The Kier molecular flexibility index (Phi) is 4.11. The van der Waals surface area contributed by atoms with Crippen molar-refractivity contribution < 1.29 is 14.3 Å². The molecule has 2 aliphatic heterocycles. The van der Waals surface area contributed by atoms with E-state index in [1.165, 1.54) is 5.56 Å². The number of carbonyl (C=O) groups is 1. The molecule has 4 heteroatoms. The Balaban J connectivity index is 1.49. The van der Waals surface area contributed by atoms with Crippen LogP contribution in [0.1, 0.15) is 34.7 Å². The highest BCUT2D eigenvalue weighted by Gasteiger charge is 2.28. The van der Waals surface area contributed by atoms with Gasteiger partial charge in [-0.1, -0.05) is 30.3 Å². The summed E-state index contributed by atoms with van der Waals surface area (Å²) in [6.45, 7) is 2.86. The fourth-order valence-electron chi connectivity index (χ4n) is 3.42. The zero-order valence-corrected chi connectivity index (χ0v) is 13.6. The Hall–Kier alpha value is -2.49. The number of fused-ring (bicyclic) bond motifs is 1. The molecule has 2 heterocycles. The first kappa shape index (κ1) is 15.1. The molecule has 0 unspecified atom stereocenters. The maximum absolute atomic E-state index is 12.8. The van der Waals surface area contributed by atoms with E-state index < -0.39 is 0 Å². The van der Waals surface area contributed by atoms with Gasteiger partial charge < -0.3 is 14.4 Å². The maximum Gasteiger partial charge on any atom is 0.254 e. The van der Waals surface area contributed by atoms with Crippen LogP contribution in [-0.4, -0.2) is 37.1 Å². The van der Waals surface area contributed by atoms with Crippen LogP contribution < -0.4 is 9.47 Å². The van der Waals surface area contributed by atoms with Gasteiger partial charge in [0.2, 0.25) is 0 Å². The summed E-state index contributed by atoms with van der Waals surface area (Å²) >= 11 is 0. The monoisotopic (exact) mass is 323 g/mol. The fourth-order valence-corrected chi connectivity index (χ4v) is 3.42. The molecule has 124 valence electrons. The quantitative estimate of drug-likeness (QED) is 0.849. The second-order valence-electron chi connectivity index (χ2n) is 6.36. The molecule has 0 radical (unpaired) electrons. The third-order valence-corrected chi connectivity index (χ3v) is 4.74. The summed E-state index contributed by atoms with van der Waals surface area (Å²) < 4.78 is 11.3. The molecule has 4 rings (SSSR count). The summed E-state index contributed by atoms with van der Waals surface area (Å²) in [6, 6.07) is 15.9. The minimum atomic E-state index is 0.0732. The Morgan fingerprint density at radius 3 is 2.62 bits per heavy atom. The number of nitrogens with zero attached hydrogens (tertiary/aromatic N) is 1. The predicted octanol–water partition coefficient (Wildman–Crippen LogP) is 3.48. The molecule has 0 aliphatic carbocycles. The molecule has 4 nitrogen and oxygen atoms in total. The lowest BCUT2D eigenvalue weighted by Gasteiger charge is -2.18. The van der Waals surface area contributed by atoms with Crippen molar-refractivity contribution in [3.05, 3.63) is 59.7 Å². The number of rotatable bonds is 2. The van der Waals surface area contributed by atoms with Crippen LogP contribution in [0.5, 0.6) is 11.5 Å². The van der Waals surface area contributed by atoms with Crippen LogP contribution in [0.2, 0.25) is 0 Å². The predicted molar refractivity (Wildman–Crippen MR) is 91.8 cm³/mol. The normalized spacial score (nSPS) is 19.8. The van der Waals surface area contributed by atoms with Crippen molar-refractivity contribution in [1.29, 1.82) is 0 Å². The van der Waals surface area contributed by atoms with Crippen LogP contribution >= 0.6 is 0 Å². The van der Waals surface area contributed by atoms with Gasteiger partial charge in [0, 0.05) is 31.0 Å². The molecular formula is C20H21NO3. The Bertz CT molecular complexity index is 729. The zero-order chi connectivity index (χ0) is 16.4. The topological polar surface area (TPSA) is 38.8 Å². The second-order valence-corrected chi connectivity index (χ2v) is 6.36. The van der Waals surface area contributed by atoms with Crippen LogP contribution in [0, 0.1) is 0 Å². The van der Waals surface area contributed by atoms with Crippen molar-refractivity contribution in [2.45, 2.75) is 18.8 Å². The van der Waals surface area contributed by atoms with E-state index in [2.05, 4.69) is 24.3 Å². The van der Waals surface area contributed by atoms with Crippen molar-refractivity contribution in [2.75, 3.05) is 26.3 Å². The van der Waals surface area contributed by atoms with E-state index in [1.54, 1.807) is 0 Å².